The minimum Gasteiger partial charge on any atom is -0.223 e. The zero-order valence-corrected chi connectivity index (χ0v) is 9.91. The molecule has 80 valence electrons. The molecule has 0 bridgehead atoms. The van der Waals surface area contributed by atoms with Gasteiger partial charge >= 0.3 is 0 Å². The van der Waals surface area contributed by atoms with Crippen LogP contribution in [0.2, 0.25) is 0 Å². The van der Waals surface area contributed by atoms with Gasteiger partial charge in [0, 0.05) is 0 Å². The molecule has 0 aliphatic rings. The Morgan fingerprint density at radius 1 is 1.20 bits per heavy atom. The average molecular weight is 202 g/mol. The van der Waals surface area contributed by atoms with E-state index in [1.165, 1.54) is 16.7 Å². The van der Waals surface area contributed by atoms with Crippen LogP contribution in [0.25, 0.3) is 0 Å². The van der Waals surface area contributed by atoms with Crippen molar-refractivity contribution >= 4 is 6.01 Å². The molecule has 0 unspecified atom stereocenters. The SMILES string of the molecule is Cc1cccc(C)c1CN=C=NC(C)C. The van der Waals surface area contributed by atoms with Crippen LogP contribution in [0.1, 0.15) is 30.5 Å². The molecule has 0 atom stereocenters. The fraction of sp³-hybridized carbons (Fsp3) is 0.462. The molecule has 0 N–H and O–H groups in total. The first-order chi connectivity index (χ1) is 7.11. The lowest BCUT2D eigenvalue weighted by atomic mass is 10.0. The second kappa shape index (κ2) is 5.47. The van der Waals surface area contributed by atoms with Gasteiger partial charge in [-0.25, -0.2) is 9.98 Å². The van der Waals surface area contributed by atoms with Crippen molar-refractivity contribution in [2.45, 2.75) is 40.3 Å². The predicted molar refractivity (Wildman–Crippen MR) is 64.6 cm³/mol. The Morgan fingerprint density at radius 3 is 2.33 bits per heavy atom. The summed E-state index contributed by atoms with van der Waals surface area (Å²) < 4.78 is 0. The first kappa shape index (κ1) is 11.7. The Morgan fingerprint density at radius 2 is 1.80 bits per heavy atom. The summed E-state index contributed by atoms with van der Waals surface area (Å²) in [5.74, 6) is 0. The molecule has 0 aliphatic carbocycles. The van der Waals surface area contributed by atoms with Crippen molar-refractivity contribution in [1.82, 2.24) is 0 Å². The lowest BCUT2D eigenvalue weighted by Gasteiger charge is -2.04. The van der Waals surface area contributed by atoms with Crippen LogP contribution in [-0.2, 0) is 6.54 Å². The van der Waals surface area contributed by atoms with E-state index in [1.807, 2.05) is 13.8 Å². The molecule has 1 aromatic rings. The van der Waals surface area contributed by atoms with Crippen LogP contribution in [-0.4, -0.2) is 12.1 Å². The molecular formula is C13H18N2. The number of hydrogen-bond acceptors (Lipinski definition) is 2. The van der Waals surface area contributed by atoms with Gasteiger partial charge in [-0.1, -0.05) is 18.2 Å². The molecular weight excluding hydrogens is 184 g/mol. The summed E-state index contributed by atoms with van der Waals surface area (Å²) in [6, 6.07) is 9.29. The topological polar surface area (TPSA) is 24.7 Å². The number of aliphatic imine (C=N–C) groups is 2. The summed E-state index contributed by atoms with van der Waals surface area (Å²) in [6.07, 6.45) is 0. The van der Waals surface area contributed by atoms with E-state index in [9.17, 15) is 0 Å². The molecule has 0 heterocycles. The van der Waals surface area contributed by atoms with Crippen molar-refractivity contribution in [2.75, 3.05) is 0 Å². The normalized spacial score (nSPS) is 9.93. The van der Waals surface area contributed by atoms with Crippen LogP contribution in [0.3, 0.4) is 0 Å². The van der Waals surface area contributed by atoms with Crippen LogP contribution in [0.4, 0.5) is 0 Å². The van der Waals surface area contributed by atoms with Crippen LogP contribution >= 0.6 is 0 Å². The molecule has 1 rings (SSSR count). The van der Waals surface area contributed by atoms with E-state index in [0.29, 0.717) is 6.54 Å². The van der Waals surface area contributed by atoms with Crippen molar-refractivity contribution in [3.63, 3.8) is 0 Å². The number of rotatable bonds is 3. The van der Waals surface area contributed by atoms with Gasteiger partial charge < -0.3 is 0 Å². The molecule has 0 fully saturated rings. The van der Waals surface area contributed by atoms with Crippen LogP contribution < -0.4 is 0 Å². The zero-order chi connectivity index (χ0) is 11.3. The summed E-state index contributed by atoms with van der Waals surface area (Å²) >= 11 is 0. The summed E-state index contributed by atoms with van der Waals surface area (Å²) in [6.45, 7) is 8.92. The highest BCUT2D eigenvalue weighted by Gasteiger charge is 1.99. The monoisotopic (exact) mass is 202 g/mol. The van der Waals surface area contributed by atoms with Crippen LogP contribution in [0.5, 0.6) is 0 Å². The standard InChI is InChI=1S/C13H18N2/c1-10(2)15-9-14-8-13-11(3)6-5-7-12(13)4/h5-7,10H,8H2,1-4H3. The largest absolute Gasteiger partial charge is 0.223 e. The summed E-state index contributed by atoms with van der Waals surface area (Å²) in [5.41, 5.74) is 3.85. The van der Waals surface area contributed by atoms with E-state index in [4.69, 9.17) is 0 Å². The van der Waals surface area contributed by atoms with Crippen molar-refractivity contribution in [3.8, 4) is 0 Å². The molecule has 0 aromatic heterocycles. The van der Waals surface area contributed by atoms with Gasteiger partial charge in [-0.2, -0.15) is 0 Å². The number of hydrogen-bond donors (Lipinski definition) is 0. The van der Waals surface area contributed by atoms with E-state index in [0.717, 1.165) is 0 Å². The first-order valence-corrected chi connectivity index (χ1v) is 5.27. The second-order valence-electron chi connectivity index (χ2n) is 4.01. The van der Waals surface area contributed by atoms with Gasteiger partial charge in [-0.15, -0.1) is 0 Å². The van der Waals surface area contributed by atoms with Crippen LogP contribution in [0, 0.1) is 13.8 Å². The van der Waals surface area contributed by atoms with Gasteiger partial charge in [0.05, 0.1) is 18.6 Å². The average Bonchev–Trinajstić information content (AvgIpc) is 2.15. The van der Waals surface area contributed by atoms with Gasteiger partial charge in [0.1, 0.15) is 0 Å². The van der Waals surface area contributed by atoms with E-state index < -0.39 is 0 Å². The fourth-order valence-electron chi connectivity index (χ4n) is 1.37. The third-order valence-corrected chi connectivity index (χ3v) is 2.27. The quantitative estimate of drug-likeness (QED) is 0.671. The number of benzene rings is 1. The third kappa shape index (κ3) is 3.69. The van der Waals surface area contributed by atoms with Gasteiger partial charge in [-0.05, 0) is 44.4 Å². The Labute approximate surface area is 91.8 Å². The highest BCUT2D eigenvalue weighted by molar-refractivity contribution is 5.43. The summed E-state index contributed by atoms with van der Waals surface area (Å²) in [5, 5.41) is 0. The van der Waals surface area contributed by atoms with Crippen molar-refractivity contribution in [2.24, 2.45) is 9.98 Å². The lowest BCUT2D eigenvalue weighted by Crippen LogP contribution is -1.91. The Hall–Kier alpha value is -1.40. The minimum absolute atomic E-state index is 0.270. The minimum atomic E-state index is 0.270. The lowest BCUT2D eigenvalue weighted by molar-refractivity contribution is 0.839. The summed E-state index contributed by atoms with van der Waals surface area (Å²) in [7, 11) is 0. The maximum atomic E-state index is 4.19. The molecule has 2 heteroatoms. The highest BCUT2D eigenvalue weighted by Crippen LogP contribution is 2.13. The number of aryl methyl sites for hydroxylation is 2. The molecule has 1 aromatic carbocycles. The molecule has 15 heavy (non-hydrogen) atoms. The van der Waals surface area contributed by atoms with Crippen molar-refractivity contribution in [3.05, 3.63) is 34.9 Å². The predicted octanol–water partition coefficient (Wildman–Crippen LogP) is 3.39. The molecule has 0 amide bonds. The van der Waals surface area contributed by atoms with Gasteiger partial charge in [0.25, 0.3) is 0 Å². The number of nitrogens with zero attached hydrogens (tertiary/aromatic N) is 2. The Balaban J connectivity index is 2.78. The molecule has 0 saturated heterocycles. The maximum Gasteiger partial charge on any atom is 0.0898 e. The first-order valence-electron chi connectivity index (χ1n) is 5.27. The van der Waals surface area contributed by atoms with E-state index in [-0.39, 0.29) is 6.04 Å². The molecule has 2 nitrogen and oxygen atoms in total. The Kier molecular flexibility index (Phi) is 4.26. The highest BCUT2D eigenvalue weighted by atomic mass is 14.8. The molecule has 0 spiro atoms. The van der Waals surface area contributed by atoms with Gasteiger partial charge in [0.2, 0.25) is 0 Å². The third-order valence-electron chi connectivity index (χ3n) is 2.27. The van der Waals surface area contributed by atoms with E-state index in [2.05, 4.69) is 48.0 Å². The van der Waals surface area contributed by atoms with E-state index in [1.54, 1.807) is 0 Å². The molecule has 0 saturated carbocycles. The molecule has 0 aliphatic heterocycles. The van der Waals surface area contributed by atoms with Gasteiger partial charge in [-0.3, -0.25) is 0 Å². The summed E-state index contributed by atoms with van der Waals surface area (Å²) in [4.78, 5) is 8.27. The fourth-order valence-corrected chi connectivity index (χ4v) is 1.37. The Bertz CT molecular complexity index is 365. The second-order valence-corrected chi connectivity index (χ2v) is 4.01. The maximum absolute atomic E-state index is 4.19. The smallest absolute Gasteiger partial charge is 0.0898 e. The van der Waals surface area contributed by atoms with E-state index >= 15 is 0 Å². The van der Waals surface area contributed by atoms with Crippen LogP contribution in [0.15, 0.2) is 28.2 Å². The van der Waals surface area contributed by atoms with Crippen molar-refractivity contribution < 1.29 is 0 Å². The van der Waals surface area contributed by atoms with Crippen molar-refractivity contribution in [1.29, 1.82) is 0 Å². The zero-order valence-electron chi connectivity index (χ0n) is 9.91. The van der Waals surface area contributed by atoms with Gasteiger partial charge in [0.15, 0.2) is 0 Å². The molecule has 0 radical (unpaired) electrons.